The Morgan fingerprint density at radius 3 is 2.12 bits per heavy atom. The lowest BCUT2D eigenvalue weighted by Crippen LogP contribution is -2.21. The second kappa shape index (κ2) is 10.1. The third kappa shape index (κ3) is 5.42. The Labute approximate surface area is 184 Å². The number of nitrogens with zero attached hydrogens (tertiary/aromatic N) is 2. The lowest BCUT2D eigenvalue weighted by Gasteiger charge is -2.16. The number of hydrogen-bond donors (Lipinski definition) is 2. The Kier molecular flexibility index (Phi) is 7.06. The molecule has 1 heterocycles. The Morgan fingerprint density at radius 1 is 0.938 bits per heavy atom. The normalized spacial score (nSPS) is 10.2. The quantitative estimate of drug-likeness (QED) is 0.518. The van der Waals surface area contributed by atoms with E-state index in [0.717, 1.165) is 0 Å². The van der Waals surface area contributed by atoms with Gasteiger partial charge >= 0.3 is 5.97 Å². The smallest absolute Gasteiger partial charge is 0.341 e. The van der Waals surface area contributed by atoms with Crippen LogP contribution in [0, 0.1) is 0 Å². The van der Waals surface area contributed by atoms with E-state index < -0.39 is 18.5 Å². The third-order valence-electron chi connectivity index (χ3n) is 4.35. The summed E-state index contributed by atoms with van der Waals surface area (Å²) in [5.41, 5.74) is 1.35. The molecular weight excluding hydrogens is 416 g/mol. The number of amides is 2. The summed E-state index contributed by atoms with van der Waals surface area (Å²) >= 11 is 0. The van der Waals surface area contributed by atoms with Crippen LogP contribution in [0.4, 0.5) is 11.4 Å². The summed E-state index contributed by atoms with van der Waals surface area (Å²) in [6.45, 7) is -0.508. The summed E-state index contributed by atoms with van der Waals surface area (Å²) in [4.78, 5) is 36.7. The van der Waals surface area contributed by atoms with E-state index in [4.69, 9.17) is 14.2 Å². The van der Waals surface area contributed by atoms with E-state index >= 15 is 0 Å². The maximum absolute atomic E-state index is 12.5. The number of benzene rings is 2. The van der Waals surface area contributed by atoms with Gasteiger partial charge in [-0.1, -0.05) is 18.2 Å². The van der Waals surface area contributed by atoms with E-state index in [1.807, 2.05) is 6.07 Å². The van der Waals surface area contributed by atoms with Crippen molar-refractivity contribution in [1.29, 1.82) is 0 Å². The van der Waals surface area contributed by atoms with Crippen molar-refractivity contribution in [3.63, 3.8) is 0 Å². The van der Waals surface area contributed by atoms with Gasteiger partial charge in [-0.05, 0) is 12.1 Å². The molecule has 10 heteroatoms. The average Bonchev–Trinajstić information content (AvgIpc) is 3.25. The number of rotatable bonds is 8. The van der Waals surface area contributed by atoms with Crippen LogP contribution in [0.2, 0.25) is 0 Å². The van der Waals surface area contributed by atoms with Gasteiger partial charge in [-0.3, -0.25) is 14.3 Å². The van der Waals surface area contributed by atoms with Crippen molar-refractivity contribution >= 4 is 29.2 Å². The molecule has 1 aromatic heterocycles. The maximum atomic E-state index is 12.5. The second-order valence-electron chi connectivity index (χ2n) is 6.60. The Bertz CT molecular complexity index is 1130. The van der Waals surface area contributed by atoms with Gasteiger partial charge in [0.15, 0.2) is 6.61 Å². The zero-order chi connectivity index (χ0) is 23.1. The number of methoxy groups -OCH3 is 2. The van der Waals surface area contributed by atoms with Crippen LogP contribution >= 0.6 is 0 Å². The molecule has 2 aromatic carbocycles. The lowest BCUT2D eigenvalue weighted by molar-refractivity contribution is -0.119. The number of carbonyl (C=O) groups excluding carboxylic acids is 3. The van der Waals surface area contributed by atoms with Crippen molar-refractivity contribution in [3.05, 3.63) is 66.0 Å². The molecule has 0 fully saturated rings. The van der Waals surface area contributed by atoms with Gasteiger partial charge in [0.05, 0.1) is 37.4 Å². The van der Waals surface area contributed by atoms with Crippen LogP contribution in [0.3, 0.4) is 0 Å². The summed E-state index contributed by atoms with van der Waals surface area (Å²) in [6.07, 6.45) is 2.83. The minimum atomic E-state index is -0.670. The fourth-order valence-electron chi connectivity index (χ4n) is 2.80. The highest BCUT2D eigenvalue weighted by atomic mass is 16.5. The largest absolute Gasteiger partial charge is 0.494 e. The first-order valence-electron chi connectivity index (χ1n) is 9.49. The number of esters is 1. The molecule has 0 unspecified atom stereocenters. The molecule has 10 nitrogen and oxygen atoms in total. The SMILES string of the molecule is COc1cc(NC(=O)c2ccccc2)c(OC)cc1NC(=O)COC(=O)c1cnn(C)c1. The van der Waals surface area contributed by atoms with Gasteiger partial charge in [-0.15, -0.1) is 0 Å². The predicted molar refractivity (Wildman–Crippen MR) is 116 cm³/mol. The van der Waals surface area contributed by atoms with Crippen LogP contribution in [0.5, 0.6) is 11.5 Å². The minimum Gasteiger partial charge on any atom is -0.494 e. The maximum Gasteiger partial charge on any atom is 0.341 e. The van der Waals surface area contributed by atoms with E-state index in [0.29, 0.717) is 17.0 Å². The molecule has 0 aliphatic carbocycles. The van der Waals surface area contributed by atoms with Crippen molar-refractivity contribution in [2.75, 3.05) is 31.5 Å². The van der Waals surface area contributed by atoms with Gasteiger partial charge in [-0.2, -0.15) is 5.10 Å². The van der Waals surface area contributed by atoms with Gasteiger partial charge in [-0.25, -0.2) is 4.79 Å². The van der Waals surface area contributed by atoms with Crippen LogP contribution in [-0.2, 0) is 16.6 Å². The highest BCUT2D eigenvalue weighted by molar-refractivity contribution is 6.05. The molecule has 0 saturated heterocycles. The van der Waals surface area contributed by atoms with Crippen LogP contribution in [0.15, 0.2) is 54.9 Å². The number of aryl methyl sites for hydroxylation is 1. The Hall–Kier alpha value is -4.34. The van der Waals surface area contributed by atoms with Crippen LogP contribution in [0.1, 0.15) is 20.7 Å². The monoisotopic (exact) mass is 438 g/mol. The summed E-state index contributed by atoms with van der Waals surface area (Å²) in [6, 6.07) is 11.7. The van der Waals surface area contributed by atoms with E-state index in [2.05, 4.69) is 15.7 Å². The Balaban J connectivity index is 1.70. The van der Waals surface area contributed by atoms with Crippen molar-refractivity contribution in [2.45, 2.75) is 0 Å². The van der Waals surface area contributed by atoms with E-state index in [9.17, 15) is 14.4 Å². The van der Waals surface area contributed by atoms with E-state index in [-0.39, 0.29) is 22.9 Å². The lowest BCUT2D eigenvalue weighted by atomic mass is 10.2. The molecule has 0 bridgehead atoms. The number of aromatic nitrogens is 2. The molecule has 0 atom stereocenters. The van der Waals surface area contributed by atoms with Gasteiger partial charge < -0.3 is 24.8 Å². The zero-order valence-corrected chi connectivity index (χ0v) is 17.7. The molecule has 0 aliphatic heterocycles. The molecule has 32 heavy (non-hydrogen) atoms. The third-order valence-corrected chi connectivity index (χ3v) is 4.35. The molecule has 0 aliphatic rings. The molecule has 3 rings (SSSR count). The second-order valence-corrected chi connectivity index (χ2v) is 6.60. The molecule has 2 amide bonds. The van der Waals surface area contributed by atoms with Crippen LogP contribution in [0.25, 0.3) is 0 Å². The molecule has 0 saturated carbocycles. The minimum absolute atomic E-state index is 0.234. The molecule has 0 radical (unpaired) electrons. The summed E-state index contributed by atoms with van der Waals surface area (Å²) < 4.78 is 17.1. The molecular formula is C22H22N4O6. The first kappa shape index (κ1) is 22.3. The number of carbonyl (C=O) groups is 3. The van der Waals surface area contributed by atoms with Crippen molar-refractivity contribution in [3.8, 4) is 11.5 Å². The van der Waals surface area contributed by atoms with Crippen LogP contribution in [-0.4, -0.2) is 48.4 Å². The predicted octanol–water partition coefficient (Wildman–Crippen LogP) is 2.49. The summed E-state index contributed by atoms with van der Waals surface area (Å²) in [5.74, 6) is -0.996. The molecule has 3 aromatic rings. The van der Waals surface area contributed by atoms with Gasteiger partial charge in [0.2, 0.25) is 0 Å². The highest BCUT2D eigenvalue weighted by Gasteiger charge is 2.17. The Morgan fingerprint density at radius 2 is 1.56 bits per heavy atom. The summed E-state index contributed by atoms with van der Waals surface area (Å²) in [7, 11) is 4.51. The van der Waals surface area contributed by atoms with Gasteiger partial charge in [0.25, 0.3) is 11.8 Å². The first-order valence-corrected chi connectivity index (χ1v) is 9.49. The molecule has 2 N–H and O–H groups in total. The zero-order valence-electron chi connectivity index (χ0n) is 17.7. The fraction of sp³-hybridized carbons (Fsp3) is 0.182. The fourth-order valence-corrected chi connectivity index (χ4v) is 2.80. The highest BCUT2D eigenvalue weighted by Crippen LogP contribution is 2.36. The standard InChI is InChI=1S/C22H22N4O6/c1-26-12-15(11-23-26)22(29)32-13-20(27)24-16-9-19(31-3)17(10-18(16)30-2)25-21(28)14-7-5-4-6-8-14/h4-12H,13H2,1-3H3,(H,24,27)(H,25,28). The van der Waals surface area contributed by atoms with E-state index in [1.165, 1.54) is 43.4 Å². The number of nitrogens with one attached hydrogen (secondary N) is 2. The summed E-state index contributed by atoms with van der Waals surface area (Å²) in [5, 5.41) is 9.24. The van der Waals surface area contributed by atoms with Crippen LogP contribution < -0.4 is 20.1 Å². The van der Waals surface area contributed by atoms with Gasteiger partial charge in [0, 0.05) is 30.9 Å². The molecule has 0 spiro atoms. The first-order chi connectivity index (χ1) is 15.4. The molecule has 166 valence electrons. The number of anilines is 2. The van der Waals surface area contributed by atoms with Crippen molar-refractivity contribution < 1.29 is 28.6 Å². The average molecular weight is 438 g/mol. The van der Waals surface area contributed by atoms with Gasteiger partial charge in [0.1, 0.15) is 11.5 Å². The topological polar surface area (TPSA) is 121 Å². The van der Waals surface area contributed by atoms with E-state index in [1.54, 1.807) is 31.3 Å². The van der Waals surface area contributed by atoms with Crippen molar-refractivity contribution in [1.82, 2.24) is 9.78 Å². The number of ether oxygens (including phenoxy) is 3. The number of hydrogen-bond acceptors (Lipinski definition) is 7. The van der Waals surface area contributed by atoms with Crippen molar-refractivity contribution in [2.24, 2.45) is 7.05 Å².